The normalized spacial score (nSPS) is 51.1. The largest absolute Gasteiger partial charge is 0.295 e. The second-order valence-corrected chi connectivity index (χ2v) is 2.58. The summed E-state index contributed by atoms with van der Waals surface area (Å²) in [4.78, 5) is 11.1. The van der Waals surface area contributed by atoms with Gasteiger partial charge in [-0.05, 0) is 18.4 Å². The molecular formula is C8H12O. The average molecular weight is 128 g/mol. The summed E-state index contributed by atoms with van der Waals surface area (Å²) in [5.74, 6) is -0.406. The summed E-state index contributed by atoms with van der Waals surface area (Å²) in [6.07, 6.45) is 0.0873. The molecule has 0 bridgehead atoms. The Morgan fingerprint density at radius 3 is 2.89 bits per heavy atom. The van der Waals surface area contributed by atoms with Crippen molar-refractivity contribution >= 4 is 5.78 Å². The predicted molar refractivity (Wildman–Crippen MR) is 37.2 cm³/mol. The monoisotopic (exact) mass is 128 g/mol. The maximum absolute atomic E-state index is 11.1. The van der Waals surface area contributed by atoms with E-state index in [1.807, 2.05) is 0 Å². The van der Waals surface area contributed by atoms with E-state index in [1.54, 1.807) is 6.92 Å². The minimum atomic E-state index is -2.29. The Kier molecular flexibility index (Phi) is 0.564. The van der Waals surface area contributed by atoms with Crippen LogP contribution in [0.1, 0.15) is 32.6 Å². The van der Waals surface area contributed by atoms with Crippen LogP contribution >= 0.6 is 0 Å². The molecular weight excluding hydrogens is 112 g/mol. The molecule has 0 aliphatic heterocycles. The summed E-state index contributed by atoms with van der Waals surface area (Å²) in [5, 5.41) is 0. The van der Waals surface area contributed by atoms with Gasteiger partial charge in [0.05, 0.1) is 0 Å². The number of carbonyl (C=O) groups excluding carboxylic acids is 1. The molecule has 2 unspecified atom stereocenters. The van der Waals surface area contributed by atoms with E-state index in [0.29, 0.717) is 5.57 Å². The Morgan fingerprint density at radius 1 is 2.00 bits per heavy atom. The Labute approximate surface area is 61.4 Å². The van der Waals surface area contributed by atoms with Crippen molar-refractivity contribution in [3.63, 3.8) is 0 Å². The predicted octanol–water partition coefficient (Wildman–Crippen LogP) is 1.93. The minimum absolute atomic E-state index is 0.406. The molecule has 0 aromatic heterocycles. The van der Waals surface area contributed by atoms with Gasteiger partial charge in [0.2, 0.25) is 0 Å². The first-order valence-electron chi connectivity index (χ1n) is 4.94. The summed E-state index contributed by atoms with van der Waals surface area (Å²) < 4.78 is 29.4. The zero-order valence-corrected chi connectivity index (χ0v) is 5.56. The van der Waals surface area contributed by atoms with Gasteiger partial charge in [0.25, 0.3) is 0 Å². The van der Waals surface area contributed by atoms with Crippen molar-refractivity contribution in [2.75, 3.05) is 0 Å². The van der Waals surface area contributed by atoms with Gasteiger partial charge in [0.15, 0.2) is 5.78 Å². The van der Waals surface area contributed by atoms with Gasteiger partial charge in [-0.2, -0.15) is 0 Å². The fourth-order valence-corrected chi connectivity index (χ4v) is 0.803. The van der Waals surface area contributed by atoms with Crippen LogP contribution in [0, 0.1) is 5.41 Å². The first kappa shape index (κ1) is 3.00. The molecule has 0 fully saturated rings. The lowest BCUT2D eigenvalue weighted by Crippen LogP contribution is -2.08. The minimum Gasteiger partial charge on any atom is -0.295 e. The smallest absolute Gasteiger partial charge is 0.156 e. The fraction of sp³-hybridized carbons (Fsp3) is 0.625. The van der Waals surface area contributed by atoms with Crippen molar-refractivity contribution in [2.24, 2.45) is 5.41 Å². The van der Waals surface area contributed by atoms with Gasteiger partial charge in [-0.3, -0.25) is 4.79 Å². The Bertz CT molecular complexity index is 278. The molecule has 0 saturated carbocycles. The topological polar surface area (TPSA) is 17.1 Å². The van der Waals surface area contributed by atoms with Crippen LogP contribution < -0.4 is 0 Å². The molecule has 0 saturated heterocycles. The number of hydrogen-bond acceptors (Lipinski definition) is 1. The Morgan fingerprint density at radius 2 is 2.67 bits per heavy atom. The van der Waals surface area contributed by atoms with Crippen molar-refractivity contribution in [2.45, 2.75) is 27.1 Å². The van der Waals surface area contributed by atoms with Crippen LogP contribution in [0.4, 0.5) is 0 Å². The van der Waals surface area contributed by atoms with Gasteiger partial charge in [-0.1, -0.05) is 19.3 Å². The molecule has 0 N–H and O–H groups in total. The first-order valence-corrected chi connectivity index (χ1v) is 2.86. The van der Waals surface area contributed by atoms with Crippen molar-refractivity contribution < 1.29 is 10.3 Å². The quantitative estimate of drug-likeness (QED) is 0.487. The van der Waals surface area contributed by atoms with E-state index in [4.69, 9.17) is 5.48 Å². The van der Waals surface area contributed by atoms with Crippen molar-refractivity contribution in [3.05, 3.63) is 11.6 Å². The molecule has 0 radical (unpaired) electrons. The third-order valence-corrected chi connectivity index (χ3v) is 1.61. The molecule has 0 aromatic carbocycles. The van der Waals surface area contributed by atoms with E-state index in [1.165, 1.54) is 13.0 Å². The lowest BCUT2D eigenvalue weighted by Gasteiger charge is -2.17. The summed E-state index contributed by atoms with van der Waals surface area (Å²) >= 11 is 0. The van der Waals surface area contributed by atoms with E-state index in [2.05, 4.69) is 0 Å². The zero-order chi connectivity index (χ0) is 10.4. The Hall–Kier alpha value is -0.590. The molecule has 0 heterocycles. The van der Waals surface area contributed by atoms with Crippen LogP contribution in [-0.4, -0.2) is 5.78 Å². The van der Waals surface area contributed by atoms with Gasteiger partial charge in [-0.25, -0.2) is 0 Å². The molecule has 0 amide bonds. The molecule has 2 atom stereocenters. The molecule has 1 nitrogen and oxygen atoms in total. The summed E-state index contributed by atoms with van der Waals surface area (Å²) in [5.41, 5.74) is -0.818. The van der Waals surface area contributed by atoms with Crippen molar-refractivity contribution in [1.29, 1.82) is 0 Å². The van der Waals surface area contributed by atoms with E-state index < -0.39 is 24.4 Å². The van der Waals surface area contributed by atoms with E-state index in [9.17, 15) is 4.79 Å². The number of rotatable bonds is 0. The van der Waals surface area contributed by atoms with E-state index >= 15 is 0 Å². The molecule has 1 rings (SSSR count). The van der Waals surface area contributed by atoms with Crippen LogP contribution in [0.2, 0.25) is 0 Å². The van der Waals surface area contributed by atoms with E-state index in [0.717, 1.165) is 0 Å². The van der Waals surface area contributed by atoms with Crippen LogP contribution in [0.3, 0.4) is 0 Å². The molecule has 9 heavy (non-hydrogen) atoms. The second-order valence-electron chi connectivity index (χ2n) is 2.58. The van der Waals surface area contributed by atoms with Gasteiger partial charge in [0.1, 0.15) is 0 Å². The number of hydrogen-bond donors (Lipinski definition) is 0. The standard InChI is InChI=1S/C8H12O/c1-6-4-7(9)5-8(6,2)3/h4H,5H2,1-3H3/i2D3,5D. The van der Waals surface area contributed by atoms with Crippen LogP contribution in [0.25, 0.3) is 0 Å². The van der Waals surface area contributed by atoms with E-state index in [-0.39, 0.29) is 0 Å². The third-order valence-electron chi connectivity index (χ3n) is 1.61. The lowest BCUT2D eigenvalue weighted by molar-refractivity contribution is -0.115. The first-order chi connectivity index (χ1) is 5.71. The molecule has 1 aliphatic rings. The van der Waals surface area contributed by atoms with Gasteiger partial charge in [0, 0.05) is 11.9 Å². The van der Waals surface area contributed by atoms with Gasteiger partial charge in [-0.15, -0.1) is 0 Å². The highest BCUT2D eigenvalue weighted by atomic mass is 16.1. The third kappa shape index (κ3) is 1.04. The average Bonchev–Trinajstić information content (AvgIpc) is 2.14. The molecule has 0 aromatic rings. The van der Waals surface area contributed by atoms with Crippen molar-refractivity contribution in [1.82, 2.24) is 0 Å². The van der Waals surface area contributed by atoms with Gasteiger partial charge < -0.3 is 0 Å². The molecule has 1 heteroatoms. The summed E-state index contributed by atoms with van der Waals surface area (Å²) in [6, 6.07) is 0. The number of ketones is 1. The highest BCUT2D eigenvalue weighted by Gasteiger charge is 2.28. The summed E-state index contributed by atoms with van der Waals surface area (Å²) in [7, 11) is 0. The molecule has 0 spiro atoms. The molecule has 1 aliphatic carbocycles. The maximum atomic E-state index is 11.1. The molecule has 50 valence electrons. The SMILES string of the molecule is [2H]C1C(=O)C=C(C)C1(C)C([2H])([2H])[2H]. The fourth-order valence-electron chi connectivity index (χ4n) is 0.803. The highest BCUT2D eigenvalue weighted by Crippen LogP contribution is 2.35. The maximum Gasteiger partial charge on any atom is 0.156 e. The van der Waals surface area contributed by atoms with Crippen LogP contribution in [0.5, 0.6) is 0 Å². The Balaban J connectivity index is 3.19. The van der Waals surface area contributed by atoms with Crippen LogP contribution in [0.15, 0.2) is 11.6 Å². The highest BCUT2D eigenvalue weighted by molar-refractivity contribution is 5.94. The zero-order valence-electron chi connectivity index (χ0n) is 9.56. The number of allylic oxidation sites excluding steroid dienone is 2. The van der Waals surface area contributed by atoms with Gasteiger partial charge >= 0.3 is 0 Å². The summed E-state index contributed by atoms with van der Waals surface area (Å²) in [6.45, 7) is 0.763. The lowest BCUT2D eigenvalue weighted by atomic mass is 9.87. The van der Waals surface area contributed by atoms with Crippen molar-refractivity contribution in [3.8, 4) is 0 Å². The van der Waals surface area contributed by atoms with Crippen LogP contribution in [-0.2, 0) is 4.79 Å². The number of carbonyl (C=O) groups is 1. The second kappa shape index (κ2) is 1.69.